The van der Waals surface area contributed by atoms with Crippen molar-refractivity contribution in [2.45, 2.75) is 23.4 Å². The molecule has 1 amide bonds. The Morgan fingerprint density at radius 1 is 1.46 bits per heavy atom. The second-order valence-corrected chi connectivity index (χ2v) is 7.29. The number of anilines is 2. The maximum Gasteiger partial charge on any atom is 0.233 e. The van der Waals surface area contributed by atoms with E-state index in [4.69, 9.17) is 4.74 Å². The number of aromatic nitrogens is 2. The van der Waals surface area contributed by atoms with Crippen LogP contribution in [-0.2, 0) is 4.79 Å². The summed E-state index contributed by atoms with van der Waals surface area (Å²) in [7, 11) is 0. The van der Waals surface area contributed by atoms with Crippen molar-refractivity contribution < 1.29 is 9.53 Å². The van der Waals surface area contributed by atoms with Gasteiger partial charge in [0.2, 0.25) is 11.0 Å². The van der Waals surface area contributed by atoms with Crippen molar-refractivity contribution in [2.24, 2.45) is 0 Å². The van der Waals surface area contributed by atoms with Crippen LogP contribution in [0.3, 0.4) is 0 Å². The number of nitrogens with zero attached hydrogens (tertiary/aromatic N) is 2. The van der Waals surface area contributed by atoms with Crippen molar-refractivity contribution in [3.05, 3.63) is 36.9 Å². The largest absolute Gasteiger partial charge is 0.492 e. The molecule has 2 rings (SSSR count). The molecule has 0 aliphatic heterocycles. The van der Waals surface area contributed by atoms with Gasteiger partial charge in [-0.2, -0.15) is 0 Å². The number of benzene rings is 1. The minimum absolute atomic E-state index is 0.0497. The average Bonchev–Trinajstić information content (AvgIpc) is 3.01. The van der Waals surface area contributed by atoms with Crippen LogP contribution < -0.4 is 15.4 Å². The Hall–Kier alpha value is -2.06. The summed E-state index contributed by atoms with van der Waals surface area (Å²) in [6, 6.07) is 7.66. The Balaban J connectivity index is 1.98. The monoisotopic (exact) mass is 364 g/mol. The molecule has 1 heterocycles. The summed E-state index contributed by atoms with van der Waals surface area (Å²) < 4.78 is 6.31. The van der Waals surface area contributed by atoms with E-state index < -0.39 is 0 Å². The lowest BCUT2D eigenvalue weighted by Crippen LogP contribution is -2.30. The Labute approximate surface area is 149 Å². The number of para-hydroxylation sites is 2. The Kier molecular flexibility index (Phi) is 7.07. The summed E-state index contributed by atoms with van der Waals surface area (Å²) in [4.78, 5) is 11.9. The normalized spacial score (nSPS) is 11.6. The van der Waals surface area contributed by atoms with Crippen LogP contribution in [-0.4, -0.2) is 34.5 Å². The van der Waals surface area contributed by atoms with Crippen LogP contribution in [0, 0.1) is 0 Å². The summed E-state index contributed by atoms with van der Waals surface area (Å²) in [6.45, 7) is 8.40. The quantitative estimate of drug-likeness (QED) is 0.524. The number of hydrogen-bond donors (Lipinski definition) is 2. The van der Waals surface area contributed by atoms with Gasteiger partial charge < -0.3 is 15.4 Å². The zero-order valence-corrected chi connectivity index (χ0v) is 15.2. The topological polar surface area (TPSA) is 76.1 Å². The number of nitrogens with one attached hydrogen (secondary N) is 2. The maximum atomic E-state index is 11.9. The third-order valence-corrected chi connectivity index (χ3v) is 4.93. The summed E-state index contributed by atoms with van der Waals surface area (Å²) >= 11 is 2.77. The second-order valence-electron chi connectivity index (χ2n) is 4.72. The lowest BCUT2D eigenvalue weighted by Gasteiger charge is -2.09. The number of carbonyl (C=O) groups is 1. The standard InChI is InChI=1S/C16H20N4O2S2/c1-4-10-17-14(21)11(3)23-16-20-19-15(24-16)18-12-8-6-7-9-13(12)22-5-2/h4,6-9,11H,1,5,10H2,2-3H3,(H,17,21)(H,18,19). The minimum Gasteiger partial charge on any atom is -0.492 e. The van der Waals surface area contributed by atoms with Crippen LogP contribution in [0.5, 0.6) is 5.75 Å². The molecule has 1 unspecified atom stereocenters. The molecule has 0 aliphatic carbocycles. The molecule has 1 atom stereocenters. The smallest absolute Gasteiger partial charge is 0.233 e. The van der Waals surface area contributed by atoms with Gasteiger partial charge in [0.1, 0.15) is 5.75 Å². The van der Waals surface area contributed by atoms with Gasteiger partial charge in [0.25, 0.3) is 0 Å². The first kappa shape index (κ1) is 18.3. The van der Waals surface area contributed by atoms with Crippen molar-refractivity contribution in [1.29, 1.82) is 0 Å². The van der Waals surface area contributed by atoms with E-state index >= 15 is 0 Å². The molecular weight excluding hydrogens is 344 g/mol. The van der Waals surface area contributed by atoms with Crippen molar-refractivity contribution in [3.8, 4) is 5.75 Å². The van der Waals surface area contributed by atoms with Crippen molar-refractivity contribution in [3.63, 3.8) is 0 Å². The number of ether oxygens (including phenoxy) is 1. The minimum atomic E-state index is -0.249. The first-order chi connectivity index (χ1) is 11.6. The van der Waals surface area contributed by atoms with E-state index in [1.807, 2.05) is 38.1 Å². The maximum absolute atomic E-state index is 11.9. The van der Waals surface area contributed by atoms with Crippen LogP contribution in [0.1, 0.15) is 13.8 Å². The molecule has 0 saturated carbocycles. The molecule has 2 N–H and O–H groups in total. The molecule has 24 heavy (non-hydrogen) atoms. The van der Waals surface area contributed by atoms with E-state index in [9.17, 15) is 4.79 Å². The fourth-order valence-corrected chi connectivity index (χ4v) is 3.73. The molecule has 0 fully saturated rings. The number of thioether (sulfide) groups is 1. The molecule has 1 aromatic carbocycles. The van der Waals surface area contributed by atoms with Crippen molar-refractivity contribution >= 4 is 39.8 Å². The van der Waals surface area contributed by atoms with Gasteiger partial charge in [-0.25, -0.2) is 0 Å². The van der Waals surface area contributed by atoms with E-state index in [0.29, 0.717) is 18.3 Å². The average molecular weight is 364 g/mol. The number of hydrogen-bond acceptors (Lipinski definition) is 7. The Morgan fingerprint density at radius 2 is 2.25 bits per heavy atom. The van der Waals surface area contributed by atoms with Gasteiger partial charge in [0.15, 0.2) is 4.34 Å². The molecule has 2 aromatic rings. The van der Waals surface area contributed by atoms with Gasteiger partial charge in [0.05, 0.1) is 17.5 Å². The molecule has 128 valence electrons. The summed E-state index contributed by atoms with van der Waals surface area (Å²) in [5, 5.41) is 14.6. The molecule has 0 aliphatic rings. The molecule has 0 radical (unpaired) electrons. The summed E-state index contributed by atoms with van der Waals surface area (Å²) in [6.07, 6.45) is 1.65. The highest BCUT2D eigenvalue weighted by Gasteiger charge is 2.16. The lowest BCUT2D eigenvalue weighted by atomic mass is 10.3. The van der Waals surface area contributed by atoms with Crippen LogP contribution >= 0.6 is 23.1 Å². The predicted octanol–water partition coefficient (Wildman–Crippen LogP) is 3.46. The van der Waals surface area contributed by atoms with Crippen molar-refractivity contribution in [2.75, 3.05) is 18.5 Å². The number of rotatable bonds is 9. The molecule has 8 heteroatoms. The Morgan fingerprint density at radius 3 is 3.00 bits per heavy atom. The molecule has 0 saturated heterocycles. The third kappa shape index (κ3) is 5.24. The zero-order valence-electron chi connectivity index (χ0n) is 13.6. The molecule has 0 bridgehead atoms. The fourth-order valence-electron chi connectivity index (χ4n) is 1.80. The van der Waals surface area contributed by atoms with Gasteiger partial charge in [-0.1, -0.05) is 41.3 Å². The zero-order chi connectivity index (χ0) is 17.4. The first-order valence-electron chi connectivity index (χ1n) is 7.51. The number of carbonyl (C=O) groups excluding carboxylic acids is 1. The Bertz CT molecular complexity index is 690. The van der Waals surface area contributed by atoms with Crippen LogP contribution in [0.25, 0.3) is 0 Å². The van der Waals surface area contributed by atoms with Crippen LogP contribution in [0.4, 0.5) is 10.8 Å². The predicted molar refractivity (Wildman–Crippen MR) is 99.3 cm³/mol. The highest BCUT2D eigenvalue weighted by molar-refractivity contribution is 8.02. The lowest BCUT2D eigenvalue weighted by molar-refractivity contribution is -0.120. The second kappa shape index (κ2) is 9.29. The van der Waals surface area contributed by atoms with Crippen molar-refractivity contribution in [1.82, 2.24) is 15.5 Å². The molecule has 6 nitrogen and oxygen atoms in total. The van der Waals surface area contributed by atoms with Crippen LogP contribution in [0.2, 0.25) is 0 Å². The highest BCUT2D eigenvalue weighted by Crippen LogP contribution is 2.33. The third-order valence-electron chi connectivity index (χ3n) is 2.90. The van der Waals surface area contributed by atoms with E-state index in [0.717, 1.165) is 15.8 Å². The number of amides is 1. The van der Waals surface area contributed by atoms with Gasteiger partial charge >= 0.3 is 0 Å². The van der Waals surface area contributed by atoms with Gasteiger partial charge in [-0.05, 0) is 26.0 Å². The van der Waals surface area contributed by atoms with Crippen LogP contribution in [0.15, 0.2) is 41.3 Å². The van der Waals surface area contributed by atoms with Gasteiger partial charge in [-0.15, -0.1) is 16.8 Å². The summed E-state index contributed by atoms with van der Waals surface area (Å²) in [5.41, 5.74) is 0.837. The van der Waals surface area contributed by atoms with Gasteiger partial charge in [0, 0.05) is 6.54 Å². The SMILES string of the molecule is C=CCNC(=O)C(C)Sc1nnc(Nc2ccccc2OCC)s1. The van der Waals surface area contributed by atoms with E-state index in [-0.39, 0.29) is 11.2 Å². The van der Waals surface area contributed by atoms with E-state index in [1.54, 1.807) is 6.08 Å². The molecule has 1 aromatic heterocycles. The first-order valence-corrected chi connectivity index (χ1v) is 9.21. The molecule has 0 spiro atoms. The van der Waals surface area contributed by atoms with Gasteiger partial charge in [-0.3, -0.25) is 4.79 Å². The van der Waals surface area contributed by atoms with E-state index in [1.165, 1.54) is 23.1 Å². The highest BCUT2D eigenvalue weighted by atomic mass is 32.2. The fraction of sp³-hybridized carbons (Fsp3) is 0.312. The molecular formula is C16H20N4O2S2. The summed E-state index contributed by atoms with van der Waals surface area (Å²) in [5.74, 6) is 0.716. The van der Waals surface area contributed by atoms with E-state index in [2.05, 4.69) is 27.4 Å².